The number of pyridine rings is 1. The van der Waals surface area contributed by atoms with Gasteiger partial charge < -0.3 is 4.90 Å². The number of halogens is 1. The van der Waals surface area contributed by atoms with Crippen molar-refractivity contribution in [2.75, 3.05) is 14.1 Å². The third kappa shape index (κ3) is 6.92. The van der Waals surface area contributed by atoms with Crippen molar-refractivity contribution in [3.63, 3.8) is 0 Å². The van der Waals surface area contributed by atoms with Crippen molar-refractivity contribution in [2.24, 2.45) is 23.7 Å². The third-order valence-electron chi connectivity index (χ3n) is 6.23. The van der Waals surface area contributed by atoms with Crippen LogP contribution in [0, 0.1) is 29.5 Å². The minimum atomic E-state index is -0.191. The molecule has 0 aliphatic carbocycles. The lowest BCUT2D eigenvalue weighted by Crippen LogP contribution is -2.21. The first-order chi connectivity index (χ1) is 14.5. The molecule has 0 aliphatic rings. The molecule has 31 heavy (non-hydrogen) atoms. The van der Waals surface area contributed by atoms with E-state index in [-0.39, 0.29) is 5.82 Å². The highest BCUT2D eigenvalue weighted by Gasteiger charge is 2.22. The monoisotopic (exact) mass is 424 g/mol. The second-order valence-corrected chi connectivity index (χ2v) is 10.2. The van der Waals surface area contributed by atoms with Gasteiger partial charge in [0.05, 0.1) is 11.4 Å². The molecule has 0 amide bonds. The lowest BCUT2D eigenvalue weighted by molar-refractivity contribution is 0.284. The van der Waals surface area contributed by atoms with Crippen LogP contribution in [0.2, 0.25) is 0 Å². The van der Waals surface area contributed by atoms with Gasteiger partial charge in [-0.05, 0) is 78.8 Å². The number of nitrogens with zero attached hydrogens (tertiary/aromatic N) is 2. The molecule has 0 fully saturated rings. The first-order valence-electron chi connectivity index (χ1n) is 11.7. The number of aryl methyl sites for hydroxylation is 1. The summed E-state index contributed by atoms with van der Waals surface area (Å²) in [6.07, 6.45) is 2.82. The van der Waals surface area contributed by atoms with Crippen LogP contribution < -0.4 is 0 Å². The molecule has 0 saturated carbocycles. The Balaban J connectivity index is 2.51. The summed E-state index contributed by atoms with van der Waals surface area (Å²) in [4.78, 5) is 7.11. The highest BCUT2D eigenvalue weighted by molar-refractivity contribution is 5.68. The quantitative estimate of drug-likeness (QED) is 0.393. The molecule has 0 radical (unpaired) electrons. The maximum Gasteiger partial charge on any atom is 0.124 e. The van der Waals surface area contributed by atoms with E-state index >= 15 is 0 Å². The summed E-state index contributed by atoms with van der Waals surface area (Å²) in [5.74, 6) is 2.04. The maximum absolute atomic E-state index is 14.4. The predicted octanol–water partition coefficient (Wildman–Crippen LogP) is 7.48. The van der Waals surface area contributed by atoms with E-state index in [1.807, 2.05) is 25.1 Å². The second-order valence-electron chi connectivity index (χ2n) is 10.2. The summed E-state index contributed by atoms with van der Waals surface area (Å²) in [5.41, 5.74) is 5.82. The molecule has 2 rings (SSSR count). The van der Waals surface area contributed by atoms with Crippen LogP contribution in [-0.2, 0) is 12.8 Å². The number of hydrogen-bond donors (Lipinski definition) is 0. The van der Waals surface area contributed by atoms with Gasteiger partial charge in [-0.2, -0.15) is 0 Å². The fourth-order valence-corrected chi connectivity index (χ4v) is 4.18. The fraction of sp³-hybridized carbons (Fsp3) is 0.536. The van der Waals surface area contributed by atoms with Gasteiger partial charge in [-0.3, -0.25) is 4.98 Å². The zero-order valence-electron chi connectivity index (χ0n) is 20.8. The minimum absolute atomic E-state index is 0.191. The van der Waals surface area contributed by atoms with Gasteiger partial charge in [0, 0.05) is 30.9 Å². The highest BCUT2D eigenvalue weighted by atomic mass is 19.1. The molecule has 0 N–H and O–H groups in total. The van der Waals surface area contributed by atoms with Gasteiger partial charge in [-0.15, -0.1) is 0 Å². The Morgan fingerprint density at radius 2 is 1.65 bits per heavy atom. The number of hydrogen-bond acceptors (Lipinski definition) is 2. The number of rotatable bonds is 10. The Morgan fingerprint density at radius 1 is 1.00 bits per heavy atom. The molecular formula is C28H41FN2. The van der Waals surface area contributed by atoms with E-state index in [9.17, 15) is 4.39 Å². The molecule has 0 spiro atoms. The Labute approximate surface area is 189 Å². The SMILES string of the molecule is C=C(c1ccc(-c2cc(F)cc(CCC(C)C)c2)nc1CC(C(C)C)C(C)C)N(C)C. The lowest BCUT2D eigenvalue weighted by Gasteiger charge is -2.27. The van der Waals surface area contributed by atoms with Crippen LogP contribution in [0.15, 0.2) is 36.9 Å². The van der Waals surface area contributed by atoms with Crippen LogP contribution >= 0.6 is 0 Å². The normalized spacial score (nSPS) is 11.8. The third-order valence-corrected chi connectivity index (χ3v) is 6.23. The zero-order valence-corrected chi connectivity index (χ0v) is 20.8. The van der Waals surface area contributed by atoms with Crippen LogP contribution in [-0.4, -0.2) is 24.0 Å². The average Bonchev–Trinajstić information content (AvgIpc) is 2.68. The van der Waals surface area contributed by atoms with E-state index in [4.69, 9.17) is 4.98 Å². The zero-order chi connectivity index (χ0) is 23.3. The Hall–Kier alpha value is -2.16. The summed E-state index contributed by atoms with van der Waals surface area (Å²) >= 11 is 0. The molecule has 1 aromatic heterocycles. The van der Waals surface area contributed by atoms with Crippen molar-refractivity contribution in [2.45, 2.75) is 60.8 Å². The molecule has 170 valence electrons. The Morgan fingerprint density at radius 3 is 2.19 bits per heavy atom. The number of aromatic nitrogens is 1. The fourth-order valence-electron chi connectivity index (χ4n) is 4.18. The lowest BCUT2D eigenvalue weighted by atomic mass is 9.81. The van der Waals surface area contributed by atoms with Crippen LogP contribution in [0.3, 0.4) is 0 Å². The molecule has 1 aromatic carbocycles. The molecule has 0 aliphatic heterocycles. The second kappa shape index (κ2) is 10.9. The van der Waals surface area contributed by atoms with Crippen LogP contribution in [0.4, 0.5) is 4.39 Å². The van der Waals surface area contributed by atoms with E-state index in [1.165, 1.54) is 0 Å². The van der Waals surface area contributed by atoms with Crippen molar-refractivity contribution in [3.05, 3.63) is 59.5 Å². The summed E-state index contributed by atoms with van der Waals surface area (Å²) < 4.78 is 14.4. The van der Waals surface area contributed by atoms with Crippen molar-refractivity contribution < 1.29 is 4.39 Å². The van der Waals surface area contributed by atoms with Gasteiger partial charge >= 0.3 is 0 Å². The molecule has 3 heteroatoms. The van der Waals surface area contributed by atoms with Crippen molar-refractivity contribution in [1.82, 2.24) is 9.88 Å². The van der Waals surface area contributed by atoms with E-state index < -0.39 is 0 Å². The maximum atomic E-state index is 14.4. The molecule has 1 heterocycles. The number of benzene rings is 1. The first kappa shape index (κ1) is 25.1. The molecular weight excluding hydrogens is 383 g/mol. The summed E-state index contributed by atoms with van der Waals surface area (Å²) in [6.45, 7) is 17.8. The van der Waals surface area contributed by atoms with E-state index in [2.05, 4.69) is 60.3 Å². The molecule has 0 atom stereocenters. The van der Waals surface area contributed by atoms with Gasteiger partial charge in [-0.1, -0.05) is 48.1 Å². The summed E-state index contributed by atoms with van der Waals surface area (Å²) in [7, 11) is 4.02. The average molecular weight is 425 g/mol. The Bertz CT molecular complexity index is 873. The van der Waals surface area contributed by atoms with Gasteiger partial charge in [0.15, 0.2) is 0 Å². The highest BCUT2D eigenvalue weighted by Crippen LogP contribution is 2.31. The Kier molecular flexibility index (Phi) is 8.85. The van der Waals surface area contributed by atoms with E-state index in [1.54, 1.807) is 12.1 Å². The molecule has 0 saturated heterocycles. The van der Waals surface area contributed by atoms with Gasteiger partial charge in [0.1, 0.15) is 5.82 Å². The van der Waals surface area contributed by atoms with E-state index in [0.717, 1.165) is 53.0 Å². The van der Waals surface area contributed by atoms with Gasteiger partial charge in [0.25, 0.3) is 0 Å². The van der Waals surface area contributed by atoms with Crippen molar-refractivity contribution in [1.29, 1.82) is 0 Å². The summed E-state index contributed by atoms with van der Waals surface area (Å²) in [5, 5.41) is 0. The molecule has 0 unspecified atom stereocenters. The van der Waals surface area contributed by atoms with Gasteiger partial charge in [-0.25, -0.2) is 4.39 Å². The van der Waals surface area contributed by atoms with Crippen molar-refractivity contribution in [3.8, 4) is 11.3 Å². The minimum Gasteiger partial charge on any atom is -0.378 e. The standard InChI is InChI=1S/C28H41FN2/c1-18(2)10-11-22-14-23(16-24(29)15-22)27-13-12-25(21(7)31(8)9)28(30-27)17-26(19(3)4)20(5)6/h12-16,18-20,26H,7,10-11,17H2,1-6,8-9H3. The molecule has 0 bridgehead atoms. The predicted molar refractivity (Wildman–Crippen MR) is 132 cm³/mol. The first-order valence-corrected chi connectivity index (χ1v) is 11.7. The molecule has 2 nitrogen and oxygen atoms in total. The van der Waals surface area contributed by atoms with Crippen LogP contribution in [0.25, 0.3) is 17.0 Å². The topological polar surface area (TPSA) is 16.1 Å². The van der Waals surface area contributed by atoms with Crippen molar-refractivity contribution >= 4 is 5.70 Å². The van der Waals surface area contributed by atoms with E-state index in [0.29, 0.717) is 23.7 Å². The largest absolute Gasteiger partial charge is 0.378 e. The molecule has 2 aromatic rings. The van der Waals surface area contributed by atoms with Crippen LogP contribution in [0.1, 0.15) is 64.8 Å². The van der Waals surface area contributed by atoms with Crippen LogP contribution in [0.5, 0.6) is 0 Å². The smallest absolute Gasteiger partial charge is 0.124 e. The van der Waals surface area contributed by atoms with Gasteiger partial charge in [0.2, 0.25) is 0 Å². The summed E-state index contributed by atoms with van der Waals surface area (Å²) in [6, 6.07) is 9.47.